The molecule has 2 aromatic heterocycles. The number of nitrogens with one attached hydrogen (secondary N) is 2. The predicted molar refractivity (Wildman–Crippen MR) is 138 cm³/mol. The van der Waals surface area contributed by atoms with Crippen molar-refractivity contribution in [2.75, 3.05) is 49.8 Å². The Kier molecular flexibility index (Phi) is 7.49. The number of aryl methyl sites for hydroxylation is 1. The molecule has 0 unspecified atom stereocenters. The molecule has 1 aromatic carbocycles. The van der Waals surface area contributed by atoms with Crippen LogP contribution in [0.2, 0.25) is 0 Å². The zero-order valence-corrected chi connectivity index (χ0v) is 21.0. The Morgan fingerprint density at radius 2 is 2.00 bits per heavy atom. The van der Waals surface area contributed by atoms with E-state index in [1.54, 1.807) is 31.1 Å². The number of anilines is 4. The maximum Gasteiger partial charge on any atom is 0.247 e. The van der Waals surface area contributed by atoms with Gasteiger partial charge in [0.25, 0.3) is 0 Å². The molecule has 0 atom stereocenters. The molecule has 4 rings (SSSR count). The topological polar surface area (TPSA) is 100 Å². The smallest absolute Gasteiger partial charge is 0.247 e. The third-order valence-corrected chi connectivity index (χ3v) is 6.27. The normalized spacial score (nSPS) is 14.1. The average Bonchev–Trinajstić information content (AvgIpc) is 3.31. The first-order valence-electron chi connectivity index (χ1n) is 11.6. The molecule has 0 saturated carbocycles. The van der Waals surface area contributed by atoms with E-state index in [0.717, 1.165) is 37.8 Å². The van der Waals surface area contributed by atoms with Gasteiger partial charge in [-0.3, -0.25) is 9.48 Å². The van der Waals surface area contributed by atoms with E-state index in [4.69, 9.17) is 4.74 Å². The van der Waals surface area contributed by atoms with Gasteiger partial charge < -0.3 is 25.2 Å². The number of carbonyl (C=O) groups is 1. The minimum Gasteiger partial charge on any atom is -0.494 e. The van der Waals surface area contributed by atoms with Crippen LogP contribution in [0.15, 0.2) is 43.4 Å². The summed E-state index contributed by atoms with van der Waals surface area (Å²) in [6, 6.07) is 4.16. The van der Waals surface area contributed by atoms with Crippen LogP contribution >= 0.6 is 0 Å². The van der Waals surface area contributed by atoms with Crippen LogP contribution in [0.4, 0.5) is 27.4 Å². The molecular weight excluding hydrogens is 463 g/mol. The van der Waals surface area contributed by atoms with Gasteiger partial charge in [0.1, 0.15) is 11.4 Å². The van der Waals surface area contributed by atoms with E-state index in [-0.39, 0.29) is 17.5 Å². The third kappa shape index (κ3) is 5.46. The summed E-state index contributed by atoms with van der Waals surface area (Å²) in [6.07, 6.45) is 7.55. The van der Waals surface area contributed by atoms with Crippen molar-refractivity contribution in [1.82, 2.24) is 24.6 Å². The van der Waals surface area contributed by atoms with E-state index in [1.807, 2.05) is 6.07 Å². The molecule has 10 nitrogen and oxygen atoms in total. The zero-order valence-electron chi connectivity index (χ0n) is 21.0. The maximum atomic E-state index is 14.5. The van der Waals surface area contributed by atoms with Crippen molar-refractivity contribution >= 4 is 28.9 Å². The number of hydrogen-bond acceptors (Lipinski definition) is 8. The fourth-order valence-corrected chi connectivity index (χ4v) is 4.30. The van der Waals surface area contributed by atoms with Crippen LogP contribution < -0.4 is 20.3 Å². The summed E-state index contributed by atoms with van der Waals surface area (Å²) in [6.45, 7) is 5.24. The van der Waals surface area contributed by atoms with Gasteiger partial charge in [-0.15, -0.1) is 0 Å². The largest absolute Gasteiger partial charge is 0.494 e. The second-order valence-corrected chi connectivity index (χ2v) is 8.86. The highest BCUT2D eigenvalue weighted by Gasteiger charge is 2.24. The summed E-state index contributed by atoms with van der Waals surface area (Å²) in [5.74, 6) is -0.176. The molecule has 1 aliphatic heterocycles. The highest BCUT2D eigenvalue weighted by atomic mass is 19.1. The second kappa shape index (κ2) is 10.7. The highest BCUT2D eigenvalue weighted by molar-refractivity contribution is 6.02. The molecule has 36 heavy (non-hydrogen) atoms. The SMILES string of the molecule is C=CC(=O)Nc1cc(Nc2ncc(F)c(-c3cnn(C)c3)n2)c(OC)cc1N1CCC(N(C)C)CC1. The monoisotopic (exact) mass is 494 g/mol. The van der Waals surface area contributed by atoms with Gasteiger partial charge in [-0.25, -0.2) is 14.4 Å². The lowest BCUT2D eigenvalue weighted by molar-refractivity contribution is -0.111. The number of ether oxygens (including phenoxy) is 1. The quantitative estimate of drug-likeness (QED) is 0.460. The molecule has 190 valence electrons. The van der Waals surface area contributed by atoms with Crippen LogP contribution in [0.3, 0.4) is 0 Å². The lowest BCUT2D eigenvalue weighted by atomic mass is 10.0. The van der Waals surface area contributed by atoms with Crippen LogP contribution in [-0.4, -0.2) is 70.9 Å². The summed E-state index contributed by atoms with van der Waals surface area (Å²) in [7, 11) is 7.50. The van der Waals surface area contributed by atoms with E-state index in [1.165, 1.54) is 12.3 Å². The summed E-state index contributed by atoms with van der Waals surface area (Å²) in [5.41, 5.74) is 2.62. The molecule has 1 saturated heterocycles. The summed E-state index contributed by atoms with van der Waals surface area (Å²) in [4.78, 5) is 25.2. The fraction of sp³-hybridized carbons (Fsp3) is 0.360. The molecule has 2 N–H and O–H groups in total. The van der Waals surface area contributed by atoms with Crippen molar-refractivity contribution in [3.63, 3.8) is 0 Å². The Labute approximate surface area is 209 Å². The van der Waals surface area contributed by atoms with Crippen molar-refractivity contribution in [2.45, 2.75) is 18.9 Å². The van der Waals surface area contributed by atoms with Gasteiger partial charge in [-0.1, -0.05) is 6.58 Å². The van der Waals surface area contributed by atoms with Crippen molar-refractivity contribution in [2.24, 2.45) is 7.05 Å². The van der Waals surface area contributed by atoms with Gasteiger partial charge in [-0.2, -0.15) is 5.10 Å². The number of hydrogen-bond donors (Lipinski definition) is 2. The molecule has 11 heteroatoms. The second-order valence-electron chi connectivity index (χ2n) is 8.86. The molecule has 0 aliphatic carbocycles. The minimum atomic E-state index is -0.559. The van der Waals surface area contributed by atoms with Crippen LogP contribution in [0.1, 0.15) is 12.8 Å². The van der Waals surface area contributed by atoms with Gasteiger partial charge in [0.2, 0.25) is 11.9 Å². The lowest BCUT2D eigenvalue weighted by Crippen LogP contribution is -2.42. The lowest BCUT2D eigenvalue weighted by Gasteiger charge is -2.37. The van der Waals surface area contributed by atoms with Crippen molar-refractivity contribution in [3.8, 4) is 17.0 Å². The molecule has 0 spiro atoms. The molecular formula is C25H31FN8O2. The van der Waals surface area contributed by atoms with Gasteiger partial charge in [0, 0.05) is 44.0 Å². The Morgan fingerprint density at radius 1 is 1.25 bits per heavy atom. The van der Waals surface area contributed by atoms with E-state index in [9.17, 15) is 9.18 Å². The van der Waals surface area contributed by atoms with Crippen LogP contribution in [0.5, 0.6) is 5.75 Å². The number of methoxy groups -OCH3 is 1. The molecule has 1 aliphatic rings. The number of nitrogens with zero attached hydrogens (tertiary/aromatic N) is 6. The summed E-state index contributed by atoms with van der Waals surface area (Å²) in [5, 5.41) is 10.1. The predicted octanol–water partition coefficient (Wildman–Crippen LogP) is 3.42. The Balaban J connectivity index is 1.68. The van der Waals surface area contributed by atoms with E-state index < -0.39 is 5.82 Å². The fourth-order valence-electron chi connectivity index (χ4n) is 4.30. The standard InChI is InChI=1S/C25H31FN8O2/c1-6-23(35)29-19-11-20(22(36-5)12-21(19)34-9-7-17(8-10-34)32(2)3)30-25-27-14-18(26)24(31-25)16-13-28-33(4)15-16/h6,11-15,17H,1,7-10H2,2-5H3,(H,29,35)(H,27,30,31). The van der Waals surface area contributed by atoms with Crippen LogP contribution in [-0.2, 0) is 11.8 Å². The van der Waals surface area contributed by atoms with Crippen LogP contribution in [0, 0.1) is 5.82 Å². The molecule has 0 radical (unpaired) electrons. The molecule has 3 heterocycles. The number of rotatable bonds is 8. The van der Waals surface area contributed by atoms with Crippen LogP contribution in [0.25, 0.3) is 11.3 Å². The Bertz CT molecular complexity index is 1250. The minimum absolute atomic E-state index is 0.125. The molecule has 1 amide bonds. The summed E-state index contributed by atoms with van der Waals surface area (Å²) >= 11 is 0. The number of piperidine rings is 1. The first-order chi connectivity index (χ1) is 17.3. The highest BCUT2D eigenvalue weighted by Crippen LogP contribution is 2.39. The van der Waals surface area contributed by atoms with E-state index in [0.29, 0.717) is 28.7 Å². The number of amides is 1. The zero-order chi connectivity index (χ0) is 25.8. The Hall–Kier alpha value is -3.99. The van der Waals surface area contributed by atoms with Crippen molar-refractivity contribution in [3.05, 3.63) is 49.2 Å². The molecule has 3 aromatic rings. The molecule has 0 bridgehead atoms. The number of aromatic nitrogens is 4. The van der Waals surface area contributed by atoms with Crippen molar-refractivity contribution < 1.29 is 13.9 Å². The number of carbonyl (C=O) groups excluding carboxylic acids is 1. The van der Waals surface area contributed by atoms with E-state index in [2.05, 4.69) is 56.2 Å². The van der Waals surface area contributed by atoms with Gasteiger partial charge in [-0.05, 0) is 39.1 Å². The first-order valence-corrected chi connectivity index (χ1v) is 11.6. The number of halogens is 1. The van der Waals surface area contributed by atoms with Gasteiger partial charge >= 0.3 is 0 Å². The Morgan fingerprint density at radius 3 is 2.61 bits per heavy atom. The van der Waals surface area contributed by atoms with E-state index >= 15 is 0 Å². The van der Waals surface area contributed by atoms with Crippen molar-refractivity contribution in [1.29, 1.82) is 0 Å². The average molecular weight is 495 g/mol. The van der Waals surface area contributed by atoms with Gasteiger partial charge in [0.15, 0.2) is 5.82 Å². The molecule has 1 fully saturated rings. The summed E-state index contributed by atoms with van der Waals surface area (Å²) < 4.78 is 21.7. The maximum absolute atomic E-state index is 14.5. The van der Waals surface area contributed by atoms with Gasteiger partial charge in [0.05, 0.1) is 36.6 Å². The number of benzene rings is 1. The first kappa shape index (κ1) is 25.1. The third-order valence-electron chi connectivity index (χ3n) is 6.27.